The Morgan fingerprint density at radius 3 is 2.72 bits per heavy atom. The van der Waals surface area contributed by atoms with E-state index in [1.165, 1.54) is 17.3 Å². The molecule has 3 rings (SSSR count). The first-order chi connectivity index (χ1) is 12.2. The Morgan fingerprint density at radius 2 is 2.08 bits per heavy atom. The highest BCUT2D eigenvalue weighted by Gasteiger charge is 2.16. The summed E-state index contributed by atoms with van der Waals surface area (Å²) < 4.78 is 5.49. The van der Waals surface area contributed by atoms with Crippen LogP contribution in [0.5, 0.6) is 0 Å². The molecule has 1 aromatic heterocycles. The van der Waals surface area contributed by atoms with E-state index in [4.69, 9.17) is 4.74 Å². The van der Waals surface area contributed by atoms with E-state index in [0.29, 0.717) is 12.3 Å². The molecule has 0 unspecified atom stereocenters. The quantitative estimate of drug-likeness (QED) is 0.772. The first kappa shape index (κ1) is 17.9. The molecule has 0 spiro atoms. The van der Waals surface area contributed by atoms with Crippen molar-refractivity contribution in [3.8, 4) is 11.3 Å². The van der Waals surface area contributed by atoms with Crippen LogP contribution in [0.25, 0.3) is 11.3 Å². The second kappa shape index (κ2) is 8.97. The lowest BCUT2D eigenvalue weighted by Crippen LogP contribution is -2.32. The fourth-order valence-corrected chi connectivity index (χ4v) is 3.33. The van der Waals surface area contributed by atoms with Crippen LogP contribution in [0, 0.1) is 0 Å². The number of hydrogen-bond donors (Lipinski definition) is 1. The number of benzene rings is 1. The molecule has 0 saturated carbocycles. The molecule has 5 nitrogen and oxygen atoms in total. The van der Waals surface area contributed by atoms with Gasteiger partial charge in [0.1, 0.15) is 5.03 Å². The van der Waals surface area contributed by atoms with Crippen LogP contribution in [0.3, 0.4) is 0 Å². The molecule has 1 aliphatic heterocycles. The molecule has 1 atom stereocenters. The number of rotatable bonds is 7. The minimum absolute atomic E-state index is 0.00142. The van der Waals surface area contributed by atoms with Gasteiger partial charge in [0.25, 0.3) is 0 Å². The van der Waals surface area contributed by atoms with Gasteiger partial charge >= 0.3 is 0 Å². The second-order valence-corrected chi connectivity index (χ2v) is 7.03. The average molecular weight is 357 g/mol. The van der Waals surface area contributed by atoms with Crippen LogP contribution >= 0.6 is 11.8 Å². The number of amides is 1. The van der Waals surface area contributed by atoms with Crippen LogP contribution in [0.15, 0.2) is 41.4 Å². The number of carbonyl (C=O) groups excluding carboxylic acids is 1. The Balaban J connectivity index is 1.47. The number of carbonyl (C=O) groups is 1. The van der Waals surface area contributed by atoms with Crippen molar-refractivity contribution in [3.05, 3.63) is 42.0 Å². The molecule has 0 radical (unpaired) electrons. The van der Waals surface area contributed by atoms with Gasteiger partial charge in [0.2, 0.25) is 5.91 Å². The third-order valence-electron chi connectivity index (χ3n) is 4.20. The molecular weight excluding hydrogens is 334 g/mol. The van der Waals surface area contributed by atoms with E-state index in [1.54, 1.807) is 0 Å². The van der Waals surface area contributed by atoms with Crippen molar-refractivity contribution in [1.82, 2.24) is 15.5 Å². The molecule has 1 aliphatic rings. The van der Waals surface area contributed by atoms with E-state index in [2.05, 4.69) is 46.7 Å². The van der Waals surface area contributed by atoms with Crippen molar-refractivity contribution in [3.63, 3.8) is 0 Å². The third-order valence-corrected chi connectivity index (χ3v) is 5.12. The van der Waals surface area contributed by atoms with Crippen LogP contribution in [0.4, 0.5) is 0 Å². The summed E-state index contributed by atoms with van der Waals surface area (Å²) >= 11 is 1.39. The molecular formula is C19H23N3O2S. The highest BCUT2D eigenvalue weighted by Crippen LogP contribution is 2.20. The van der Waals surface area contributed by atoms with Gasteiger partial charge in [-0.05, 0) is 37.0 Å². The van der Waals surface area contributed by atoms with Crippen LogP contribution in [-0.2, 0) is 16.0 Å². The zero-order valence-corrected chi connectivity index (χ0v) is 15.2. The smallest absolute Gasteiger partial charge is 0.230 e. The van der Waals surface area contributed by atoms with Crippen molar-refractivity contribution < 1.29 is 9.53 Å². The molecule has 1 aromatic carbocycles. The van der Waals surface area contributed by atoms with Gasteiger partial charge in [-0.15, -0.1) is 10.2 Å². The van der Waals surface area contributed by atoms with Crippen LogP contribution in [0.1, 0.15) is 25.3 Å². The molecule has 2 aromatic rings. The van der Waals surface area contributed by atoms with Gasteiger partial charge in [0, 0.05) is 18.7 Å². The lowest BCUT2D eigenvalue weighted by molar-refractivity contribution is -0.119. The number of ether oxygens (including phenoxy) is 1. The first-order valence-electron chi connectivity index (χ1n) is 8.68. The molecule has 25 heavy (non-hydrogen) atoms. The Bertz CT molecular complexity index is 683. The summed E-state index contributed by atoms with van der Waals surface area (Å²) in [4.78, 5) is 11.9. The molecule has 1 amide bonds. The minimum Gasteiger partial charge on any atom is -0.376 e. The standard InChI is InChI=1S/C19H23N3O2S/c1-2-14-5-7-15(8-6-14)17-9-10-19(22-21-17)25-13-18(23)20-12-16-4-3-11-24-16/h5-10,16H,2-4,11-13H2,1H3,(H,20,23)/t16-/m0/s1. The van der Waals surface area contributed by atoms with Crippen LogP contribution < -0.4 is 5.32 Å². The fourth-order valence-electron chi connectivity index (χ4n) is 2.69. The monoisotopic (exact) mass is 357 g/mol. The lowest BCUT2D eigenvalue weighted by Gasteiger charge is -2.10. The van der Waals surface area contributed by atoms with E-state index in [-0.39, 0.29) is 12.0 Å². The minimum atomic E-state index is 0.00142. The summed E-state index contributed by atoms with van der Waals surface area (Å²) in [5, 5.41) is 12.1. The van der Waals surface area contributed by atoms with Crippen LogP contribution in [0.2, 0.25) is 0 Å². The van der Waals surface area contributed by atoms with Gasteiger partial charge in [-0.3, -0.25) is 4.79 Å². The van der Waals surface area contributed by atoms with Crippen LogP contribution in [-0.4, -0.2) is 41.1 Å². The third kappa shape index (κ3) is 5.28. The van der Waals surface area contributed by atoms with Crippen molar-refractivity contribution in [2.75, 3.05) is 18.9 Å². The second-order valence-electron chi connectivity index (χ2n) is 6.04. The zero-order chi connectivity index (χ0) is 17.5. The van der Waals surface area contributed by atoms with E-state index >= 15 is 0 Å². The van der Waals surface area contributed by atoms with E-state index < -0.39 is 0 Å². The number of nitrogens with zero attached hydrogens (tertiary/aromatic N) is 2. The number of aromatic nitrogens is 2. The van der Waals surface area contributed by atoms with E-state index in [9.17, 15) is 4.79 Å². The van der Waals surface area contributed by atoms with Crippen molar-refractivity contribution in [1.29, 1.82) is 0 Å². The summed E-state index contributed by atoms with van der Waals surface area (Å²) in [7, 11) is 0. The molecule has 1 saturated heterocycles. The highest BCUT2D eigenvalue weighted by atomic mass is 32.2. The number of nitrogens with one attached hydrogen (secondary N) is 1. The summed E-state index contributed by atoms with van der Waals surface area (Å²) in [6.45, 7) is 3.54. The van der Waals surface area contributed by atoms with Crippen molar-refractivity contribution in [2.45, 2.75) is 37.3 Å². The highest BCUT2D eigenvalue weighted by molar-refractivity contribution is 7.99. The topological polar surface area (TPSA) is 64.1 Å². The molecule has 132 valence electrons. The lowest BCUT2D eigenvalue weighted by atomic mass is 10.1. The van der Waals surface area contributed by atoms with Gasteiger partial charge in [0.05, 0.1) is 17.6 Å². The maximum absolute atomic E-state index is 11.9. The fraction of sp³-hybridized carbons (Fsp3) is 0.421. The van der Waals surface area contributed by atoms with E-state index in [1.807, 2.05) is 12.1 Å². The normalized spacial score (nSPS) is 16.8. The Labute approximate surface area is 152 Å². The number of thioether (sulfide) groups is 1. The maximum atomic E-state index is 11.9. The van der Waals surface area contributed by atoms with Gasteiger partial charge < -0.3 is 10.1 Å². The van der Waals surface area contributed by atoms with Crippen molar-refractivity contribution in [2.24, 2.45) is 0 Å². The Morgan fingerprint density at radius 1 is 1.24 bits per heavy atom. The summed E-state index contributed by atoms with van der Waals surface area (Å²) in [6.07, 6.45) is 3.31. The predicted octanol–water partition coefficient (Wildman–Crippen LogP) is 3.09. The van der Waals surface area contributed by atoms with Gasteiger partial charge in [0.15, 0.2) is 0 Å². The summed E-state index contributed by atoms with van der Waals surface area (Å²) in [6, 6.07) is 12.2. The van der Waals surface area contributed by atoms with Gasteiger partial charge in [-0.1, -0.05) is 43.0 Å². The largest absolute Gasteiger partial charge is 0.376 e. The van der Waals surface area contributed by atoms with Crippen molar-refractivity contribution >= 4 is 17.7 Å². The molecule has 6 heteroatoms. The number of aryl methyl sites for hydroxylation is 1. The molecule has 1 fully saturated rings. The average Bonchev–Trinajstić information content (AvgIpc) is 3.19. The molecule has 0 bridgehead atoms. The first-order valence-corrected chi connectivity index (χ1v) is 9.67. The molecule has 1 N–H and O–H groups in total. The Hall–Kier alpha value is -1.92. The summed E-state index contributed by atoms with van der Waals surface area (Å²) in [5.41, 5.74) is 3.20. The van der Waals surface area contributed by atoms with E-state index in [0.717, 1.165) is 42.2 Å². The predicted molar refractivity (Wildman–Crippen MR) is 99.6 cm³/mol. The number of hydrogen-bond acceptors (Lipinski definition) is 5. The molecule has 0 aliphatic carbocycles. The molecule has 2 heterocycles. The maximum Gasteiger partial charge on any atom is 0.230 e. The van der Waals surface area contributed by atoms with Gasteiger partial charge in [-0.2, -0.15) is 0 Å². The zero-order valence-electron chi connectivity index (χ0n) is 14.4. The van der Waals surface area contributed by atoms with Gasteiger partial charge in [-0.25, -0.2) is 0 Å². The Kier molecular flexibility index (Phi) is 6.42. The SMILES string of the molecule is CCc1ccc(-c2ccc(SCC(=O)NC[C@@H]3CCCO3)nn2)cc1. The summed E-state index contributed by atoms with van der Waals surface area (Å²) in [5.74, 6) is 0.341.